The molecular formula is C19H26N2O10. The number of para-hydroxylation sites is 1. The maximum absolute atomic E-state index is 11.9. The van der Waals surface area contributed by atoms with Crippen LogP contribution in [-0.4, -0.2) is 87.3 Å². The van der Waals surface area contributed by atoms with E-state index in [0.29, 0.717) is 0 Å². The molecule has 7 N–H and O–H groups in total. The SMILES string of the molecule is O=C(OCCC(NCCC(NCC[C@H](O)C(=O)O)C(=O)O)C(=O)O)c1ccccc1O. The summed E-state index contributed by atoms with van der Waals surface area (Å²) in [7, 11) is 0. The van der Waals surface area contributed by atoms with Crippen LogP contribution >= 0.6 is 0 Å². The first-order valence-electron chi connectivity index (χ1n) is 9.41. The van der Waals surface area contributed by atoms with Crippen molar-refractivity contribution in [2.75, 3.05) is 19.7 Å². The van der Waals surface area contributed by atoms with Crippen LogP contribution in [0.15, 0.2) is 24.3 Å². The summed E-state index contributed by atoms with van der Waals surface area (Å²) in [5.41, 5.74) is -0.0503. The molecule has 1 aromatic carbocycles. The van der Waals surface area contributed by atoms with Gasteiger partial charge >= 0.3 is 23.9 Å². The van der Waals surface area contributed by atoms with Crippen LogP contribution in [-0.2, 0) is 19.1 Å². The second-order valence-electron chi connectivity index (χ2n) is 6.56. The lowest BCUT2D eigenvalue weighted by Crippen LogP contribution is -2.44. The first kappa shape index (κ1) is 25.8. The molecule has 0 aliphatic heterocycles. The van der Waals surface area contributed by atoms with Gasteiger partial charge in [0.1, 0.15) is 23.4 Å². The normalized spacial score (nSPS) is 13.7. The summed E-state index contributed by atoms with van der Waals surface area (Å²) in [5.74, 6) is -4.91. The molecule has 0 radical (unpaired) electrons. The van der Waals surface area contributed by atoms with E-state index >= 15 is 0 Å². The van der Waals surface area contributed by atoms with Crippen molar-refractivity contribution in [3.8, 4) is 5.75 Å². The second-order valence-corrected chi connectivity index (χ2v) is 6.56. The minimum atomic E-state index is -1.61. The lowest BCUT2D eigenvalue weighted by Gasteiger charge is -2.18. The molecule has 3 atom stereocenters. The number of nitrogens with one attached hydrogen (secondary N) is 2. The Morgan fingerprint density at radius 3 is 1.94 bits per heavy atom. The van der Waals surface area contributed by atoms with Crippen molar-refractivity contribution in [3.63, 3.8) is 0 Å². The molecule has 31 heavy (non-hydrogen) atoms. The number of carbonyl (C=O) groups excluding carboxylic acids is 1. The van der Waals surface area contributed by atoms with Crippen LogP contribution in [0.1, 0.15) is 29.6 Å². The Morgan fingerprint density at radius 2 is 1.39 bits per heavy atom. The predicted molar refractivity (Wildman–Crippen MR) is 105 cm³/mol. The third-order valence-corrected chi connectivity index (χ3v) is 4.28. The standard InChI is InChI=1S/C19H26N2O10/c22-14-4-2-1-3-11(14)19(30)31-10-7-13(17(26)27)20-8-5-12(16(24)25)21-9-6-15(23)18(28)29/h1-4,12-13,15,20-23H,5-10H2,(H,24,25)(H,26,27)(H,28,29)/t12?,13?,15-/m0/s1. The molecular weight excluding hydrogens is 416 g/mol. The molecule has 0 saturated carbocycles. The maximum atomic E-state index is 11.9. The third-order valence-electron chi connectivity index (χ3n) is 4.28. The molecule has 0 aliphatic rings. The van der Waals surface area contributed by atoms with Crippen LogP contribution in [0.5, 0.6) is 5.75 Å². The fourth-order valence-corrected chi connectivity index (χ4v) is 2.54. The van der Waals surface area contributed by atoms with Crippen molar-refractivity contribution >= 4 is 23.9 Å². The van der Waals surface area contributed by atoms with Gasteiger partial charge in [0.2, 0.25) is 0 Å². The van der Waals surface area contributed by atoms with Crippen molar-refractivity contribution < 1.29 is 49.4 Å². The number of benzene rings is 1. The second kappa shape index (κ2) is 13.2. The van der Waals surface area contributed by atoms with Gasteiger partial charge in [-0.15, -0.1) is 0 Å². The summed E-state index contributed by atoms with van der Waals surface area (Å²) >= 11 is 0. The number of rotatable bonds is 15. The van der Waals surface area contributed by atoms with Gasteiger partial charge < -0.3 is 40.9 Å². The Morgan fingerprint density at radius 1 is 0.839 bits per heavy atom. The monoisotopic (exact) mass is 442 g/mol. The summed E-state index contributed by atoms with van der Waals surface area (Å²) in [4.78, 5) is 45.1. The summed E-state index contributed by atoms with van der Waals surface area (Å²) in [6.07, 6.45) is -1.91. The average Bonchev–Trinajstić information content (AvgIpc) is 2.70. The largest absolute Gasteiger partial charge is 0.507 e. The Bertz CT molecular complexity index is 770. The number of phenols is 1. The van der Waals surface area contributed by atoms with E-state index in [4.69, 9.17) is 9.84 Å². The number of phenolic OH excluding ortho intramolecular Hbond substituents is 1. The zero-order valence-electron chi connectivity index (χ0n) is 16.6. The van der Waals surface area contributed by atoms with Gasteiger partial charge in [0.15, 0.2) is 6.10 Å². The highest BCUT2D eigenvalue weighted by atomic mass is 16.5. The summed E-state index contributed by atoms with van der Waals surface area (Å²) in [6, 6.07) is 3.55. The van der Waals surface area contributed by atoms with Gasteiger partial charge in [-0.25, -0.2) is 9.59 Å². The van der Waals surface area contributed by atoms with Crippen molar-refractivity contribution in [1.29, 1.82) is 0 Å². The Hall–Kier alpha value is -3.22. The van der Waals surface area contributed by atoms with E-state index < -0.39 is 42.1 Å². The van der Waals surface area contributed by atoms with Gasteiger partial charge in [-0.05, 0) is 38.1 Å². The Kier molecular flexibility index (Phi) is 11.0. The number of esters is 1. The zero-order chi connectivity index (χ0) is 23.4. The van der Waals surface area contributed by atoms with E-state index in [1.54, 1.807) is 0 Å². The number of hydrogen-bond donors (Lipinski definition) is 7. The van der Waals surface area contributed by atoms with Gasteiger partial charge in [-0.2, -0.15) is 0 Å². The molecule has 0 fully saturated rings. The van der Waals surface area contributed by atoms with Crippen LogP contribution < -0.4 is 10.6 Å². The zero-order valence-corrected chi connectivity index (χ0v) is 16.6. The minimum absolute atomic E-state index is 0.00413. The van der Waals surface area contributed by atoms with Crippen LogP contribution in [0.25, 0.3) is 0 Å². The molecule has 0 aliphatic carbocycles. The molecule has 0 saturated heterocycles. The van der Waals surface area contributed by atoms with Crippen LogP contribution in [0.2, 0.25) is 0 Å². The lowest BCUT2D eigenvalue weighted by atomic mass is 10.1. The number of aliphatic carboxylic acids is 3. The smallest absolute Gasteiger partial charge is 0.341 e. The summed E-state index contributed by atoms with van der Waals surface area (Å²) in [5, 5.41) is 51.1. The van der Waals surface area contributed by atoms with Crippen LogP contribution in [0.4, 0.5) is 0 Å². The molecule has 2 unspecified atom stereocenters. The molecule has 0 bridgehead atoms. The van der Waals surface area contributed by atoms with Crippen molar-refractivity contribution in [3.05, 3.63) is 29.8 Å². The van der Waals surface area contributed by atoms with E-state index in [2.05, 4.69) is 10.6 Å². The topological polar surface area (TPSA) is 203 Å². The number of carboxylic acids is 3. The summed E-state index contributed by atoms with van der Waals surface area (Å²) < 4.78 is 4.97. The van der Waals surface area contributed by atoms with Gasteiger partial charge in [0.25, 0.3) is 0 Å². The fourth-order valence-electron chi connectivity index (χ4n) is 2.54. The number of aromatic hydroxyl groups is 1. The molecule has 0 aromatic heterocycles. The molecule has 0 spiro atoms. The molecule has 0 heterocycles. The van der Waals surface area contributed by atoms with E-state index in [0.717, 1.165) is 0 Å². The van der Waals surface area contributed by atoms with Crippen molar-refractivity contribution in [1.82, 2.24) is 10.6 Å². The van der Waals surface area contributed by atoms with Gasteiger partial charge in [-0.1, -0.05) is 12.1 Å². The highest BCUT2D eigenvalue weighted by molar-refractivity contribution is 5.92. The molecule has 1 aromatic rings. The molecule has 12 nitrogen and oxygen atoms in total. The highest BCUT2D eigenvalue weighted by Crippen LogP contribution is 2.16. The quantitative estimate of drug-likeness (QED) is 0.168. The third kappa shape index (κ3) is 9.42. The maximum Gasteiger partial charge on any atom is 0.341 e. The van der Waals surface area contributed by atoms with E-state index in [1.807, 2.05) is 0 Å². The van der Waals surface area contributed by atoms with Crippen LogP contribution in [0, 0.1) is 0 Å². The Balaban J connectivity index is 2.43. The molecule has 12 heteroatoms. The highest BCUT2D eigenvalue weighted by Gasteiger charge is 2.22. The Labute approximate surface area is 177 Å². The first-order chi connectivity index (χ1) is 14.6. The van der Waals surface area contributed by atoms with Gasteiger partial charge in [0, 0.05) is 6.42 Å². The van der Waals surface area contributed by atoms with Crippen molar-refractivity contribution in [2.24, 2.45) is 0 Å². The fraction of sp³-hybridized carbons (Fsp3) is 0.474. The average molecular weight is 442 g/mol. The molecule has 1 rings (SSSR count). The van der Waals surface area contributed by atoms with E-state index in [9.17, 15) is 39.6 Å². The number of carbonyl (C=O) groups is 4. The van der Waals surface area contributed by atoms with Gasteiger partial charge in [0.05, 0.1) is 6.61 Å². The molecule has 0 amide bonds. The number of carboxylic acid groups (broad SMARTS) is 3. The minimum Gasteiger partial charge on any atom is -0.507 e. The van der Waals surface area contributed by atoms with Gasteiger partial charge in [-0.3, -0.25) is 9.59 Å². The lowest BCUT2D eigenvalue weighted by molar-refractivity contribution is -0.146. The van der Waals surface area contributed by atoms with E-state index in [1.165, 1.54) is 24.3 Å². The number of aliphatic hydroxyl groups is 1. The molecule has 172 valence electrons. The number of ether oxygens (including phenoxy) is 1. The number of hydrogen-bond acceptors (Lipinski definition) is 9. The van der Waals surface area contributed by atoms with Crippen molar-refractivity contribution in [2.45, 2.75) is 37.5 Å². The first-order valence-corrected chi connectivity index (χ1v) is 9.41. The summed E-state index contributed by atoms with van der Waals surface area (Å²) in [6.45, 7) is -0.310. The number of aliphatic hydroxyl groups excluding tert-OH is 1. The predicted octanol–water partition coefficient (Wildman–Crippen LogP) is -0.750. The van der Waals surface area contributed by atoms with E-state index in [-0.39, 0.29) is 50.3 Å². The van der Waals surface area contributed by atoms with Crippen LogP contribution in [0.3, 0.4) is 0 Å².